The fourth-order valence-corrected chi connectivity index (χ4v) is 7.66. The van der Waals surface area contributed by atoms with Crippen LogP contribution < -0.4 is 5.32 Å². The summed E-state index contributed by atoms with van der Waals surface area (Å²) >= 11 is 1.44. The summed E-state index contributed by atoms with van der Waals surface area (Å²) in [6.07, 6.45) is 10.5. The van der Waals surface area contributed by atoms with Crippen molar-refractivity contribution in [1.82, 2.24) is 24.1 Å². The third-order valence-electron chi connectivity index (χ3n) is 6.66. The molecule has 186 valence electrons. The Morgan fingerprint density at radius 1 is 1.25 bits per heavy atom. The molecule has 2 aliphatic heterocycles. The van der Waals surface area contributed by atoms with Crippen LogP contribution in [0.3, 0.4) is 0 Å². The van der Waals surface area contributed by atoms with E-state index >= 15 is 0 Å². The quantitative estimate of drug-likeness (QED) is 0.547. The normalized spacial score (nSPS) is 19.6. The molecule has 0 saturated carbocycles. The van der Waals surface area contributed by atoms with Gasteiger partial charge in [-0.25, -0.2) is 18.4 Å². The molecule has 0 aromatic carbocycles. The molecular formula is C24H25N7O3S2. The maximum atomic E-state index is 13.2. The van der Waals surface area contributed by atoms with Crippen molar-refractivity contribution in [2.45, 2.75) is 45.1 Å². The predicted molar refractivity (Wildman–Crippen MR) is 138 cm³/mol. The first kappa shape index (κ1) is 23.2. The van der Waals surface area contributed by atoms with Gasteiger partial charge >= 0.3 is 0 Å². The minimum Gasteiger partial charge on any atom is -0.302 e. The van der Waals surface area contributed by atoms with E-state index in [1.54, 1.807) is 24.7 Å². The number of amides is 1. The van der Waals surface area contributed by atoms with Crippen LogP contribution in [-0.4, -0.2) is 57.7 Å². The summed E-state index contributed by atoms with van der Waals surface area (Å²) in [5, 5.41) is 8.55. The number of hydrogen-bond donors (Lipinski definition) is 1. The molecule has 1 N–H and O–H groups in total. The smallest absolute Gasteiger partial charge is 0.260 e. The number of rotatable bonds is 5. The van der Waals surface area contributed by atoms with Crippen molar-refractivity contribution in [2.75, 3.05) is 18.4 Å². The van der Waals surface area contributed by atoms with E-state index in [0.717, 1.165) is 52.3 Å². The van der Waals surface area contributed by atoms with Gasteiger partial charge in [-0.2, -0.15) is 9.40 Å². The van der Waals surface area contributed by atoms with Crippen molar-refractivity contribution in [3.05, 3.63) is 46.9 Å². The average Bonchev–Trinajstić information content (AvgIpc) is 3.61. The summed E-state index contributed by atoms with van der Waals surface area (Å²) < 4.78 is 30.0. The highest BCUT2D eigenvalue weighted by Gasteiger charge is 2.38. The molecule has 3 aromatic rings. The second-order valence-electron chi connectivity index (χ2n) is 9.07. The number of pyridine rings is 1. The van der Waals surface area contributed by atoms with E-state index in [1.165, 1.54) is 22.6 Å². The van der Waals surface area contributed by atoms with Crippen molar-refractivity contribution < 1.29 is 13.2 Å². The number of allylic oxidation sites excluding steroid dienone is 1. The molecule has 5 heterocycles. The first-order valence-electron chi connectivity index (χ1n) is 11.9. The van der Waals surface area contributed by atoms with E-state index < -0.39 is 10.0 Å². The molecule has 0 spiro atoms. The summed E-state index contributed by atoms with van der Waals surface area (Å²) in [7, 11) is -3.65. The van der Waals surface area contributed by atoms with Crippen molar-refractivity contribution >= 4 is 38.6 Å². The van der Waals surface area contributed by atoms with Crippen LogP contribution in [0.1, 0.15) is 43.5 Å². The zero-order valence-corrected chi connectivity index (χ0v) is 21.3. The van der Waals surface area contributed by atoms with Gasteiger partial charge in [-0.05, 0) is 50.3 Å². The molecule has 10 nitrogen and oxygen atoms in total. The average molecular weight is 524 g/mol. The van der Waals surface area contributed by atoms with Crippen molar-refractivity contribution in [2.24, 2.45) is 4.99 Å². The summed E-state index contributed by atoms with van der Waals surface area (Å²) in [5.41, 5.74) is 4.78. The van der Waals surface area contributed by atoms with Crippen molar-refractivity contribution in [3.8, 4) is 21.8 Å². The molecule has 1 aliphatic carbocycles. The zero-order chi connectivity index (χ0) is 24.9. The van der Waals surface area contributed by atoms with Crippen LogP contribution >= 0.6 is 11.3 Å². The number of sulfonamides is 1. The summed E-state index contributed by atoms with van der Waals surface area (Å²) in [6, 6.07) is 3.74. The molecule has 12 heteroatoms. The standard InChI is InChI=1S/C24H25N7O3S2/c1-15(32)27-24-28-19-8-7-18-21(16-5-4-10-25-13-16)29-31(22(18)23(19)35-24)17-9-12-30(14-17)36(33,34)20-6-2-3-11-26-20/h4-6,10-11,13,17H,2-3,7-9,12,14H2,1H3,(H,27,28,32). The lowest BCUT2D eigenvalue weighted by molar-refractivity contribution is -0.114. The number of thiazole rings is 1. The number of carbonyl (C=O) groups is 1. The molecule has 36 heavy (non-hydrogen) atoms. The van der Waals surface area contributed by atoms with Crippen LogP contribution in [-0.2, 0) is 27.7 Å². The van der Waals surface area contributed by atoms with E-state index in [9.17, 15) is 13.2 Å². The number of aliphatic imine (C=N–C) groups is 1. The third-order valence-corrected chi connectivity index (χ3v) is 9.49. The summed E-state index contributed by atoms with van der Waals surface area (Å²) in [5.74, 6) is -0.165. The molecule has 3 aromatic heterocycles. The number of anilines is 1. The Morgan fingerprint density at radius 2 is 2.14 bits per heavy atom. The van der Waals surface area contributed by atoms with Gasteiger partial charge < -0.3 is 5.32 Å². The molecule has 1 atom stereocenters. The Morgan fingerprint density at radius 3 is 2.89 bits per heavy atom. The van der Waals surface area contributed by atoms with Gasteiger partial charge in [-0.1, -0.05) is 11.3 Å². The molecule has 1 unspecified atom stereocenters. The van der Waals surface area contributed by atoms with Crippen LogP contribution in [0.25, 0.3) is 21.8 Å². The number of fused-ring (bicyclic) bond motifs is 3. The van der Waals surface area contributed by atoms with Gasteiger partial charge in [0.05, 0.1) is 28.0 Å². The SMILES string of the molecule is CC(=O)Nc1nc2c(s1)-c1c(c(-c3cccnc3)nn1C1CCN(S(=O)(=O)C3=CCCC=N3)C1)CC2. The van der Waals surface area contributed by atoms with Gasteiger partial charge in [-0.15, -0.1) is 0 Å². The van der Waals surface area contributed by atoms with E-state index in [2.05, 4.69) is 20.3 Å². The molecule has 1 saturated heterocycles. The van der Waals surface area contributed by atoms with Gasteiger partial charge in [0.25, 0.3) is 10.0 Å². The number of aromatic nitrogens is 4. The minimum absolute atomic E-state index is 0.135. The second kappa shape index (κ2) is 9.02. The van der Waals surface area contributed by atoms with Gasteiger partial charge in [0.2, 0.25) is 5.91 Å². The van der Waals surface area contributed by atoms with Crippen LogP contribution in [0.2, 0.25) is 0 Å². The van der Waals surface area contributed by atoms with Gasteiger partial charge in [0.1, 0.15) is 0 Å². The van der Waals surface area contributed by atoms with E-state index in [4.69, 9.17) is 5.10 Å². The van der Waals surface area contributed by atoms with E-state index in [0.29, 0.717) is 31.1 Å². The van der Waals surface area contributed by atoms with Crippen LogP contribution in [0.4, 0.5) is 5.13 Å². The van der Waals surface area contributed by atoms with Crippen LogP contribution in [0, 0.1) is 0 Å². The van der Waals surface area contributed by atoms with Crippen molar-refractivity contribution in [3.63, 3.8) is 0 Å². The topological polar surface area (TPSA) is 122 Å². The second-order valence-corrected chi connectivity index (χ2v) is 12.0. The fraction of sp³-hybridized carbons (Fsp3) is 0.375. The Hall–Kier alpha value is -3.22. The molecule has 3 aliphatic rings. The van der Waals surface area contributed by atoms with Gasteiger partial charge in [0.15, 0.2) is 10.2 Å². The molecular weight excluding hydrogens is 498 g/mol. The number of carbonyl (C=O) groups excluding carboxylic acids is 1. The molecule has 1 amide bonds. The molecule has 0 bridgehead atoms. The number of aryl methyl sites for hydroxylation is 1. The lowest BCUT2D eigenvalue weighted by atomic mass is 9.95. The highest BCUT2D eigenvalue weighted by Crippen LogP contribution is 2.45. The Kier molecular flexibility index (Phi) is 5.81. The summed E-state index contributed by atoms with van der Waals surface area (Å²) in [6.45, 7) is 2.20. The van der Waals surface area contributed by atoms with Crippen LogP contribution in [0.15, 0.2) is 40.6 Å². The minimum atomic E-state index is -3.65. The zero-order valence-electron chi connectivity index (χ0n) is 19.7. The third kappa shape index (κ3) is 3.98. The lowest BCUT2D eigenvalue weighted by Gasteiger charge is -2.20. The Bertz CT molecular complexity index is 1510. The number of nitrogens with one attached hydrogen (secondary N) is 1. The largest absolute Gasteiger partial charge is 0.302 e. The highest BCUT2D eigenvalue weighted by molar-refractivity contribution is 7.93. The number of hydrogen-bond acceptors (Lipinski definition) is 8. The Labute approximate surface area is 212 Å². The predicted octanol–water partition coefficient (Wildman–Crippen LogP) is 3.41. The first-order valence-corrected chi connectivity index (χ1v) is 14.2. The lowest BCUT2D eigenvalue weighted by Crippen LogP contribution is -2.30. The first-order chi connectivity index (χ1) is 17.4. The molecule has 1 fully saturated rings. The fourth-order valence-electron chi connectivity index (χ4n) is 5.02. The maximum Gasteiger partial charge on any atom is 0.260 e. The monoisotopic (exact) mass is 523 g/mol. The Balaban J connectivity index is 1.41. The molecule has 0 radical (unpaired) electrons. The van der Waals surface area contributed by atoms with E-state index in [1.807, 2.05) is 16.8 Å². The van der Waals surface area contributed by atoms with Gasteiger partial charge in [-0.3, -0.25) is 14.5 Å². The van der Waals surface area contributed by atoms with E-state index in [-0.39, 0.29) is 17.0 Å². The van der Waals surface area contributed by atoms with Crippen LogP contribution in [0.5, 0.6) is 0 Å². The summed E-state index contributed by atoms with van der Waals surface area (Å²) in [4.78, 5) is 25.7. The highest BCUT2D eigenvalue weighted by atomic mass is 32.2. The van der Waals surface area contributed by atoms with Gasteiger partial charge in [0, 0.05) is 49.7 Å². The number of nitrogens with zero attached hydrogens (tertiary/aromatic N) is 6. The van der Waals surface area contributed by atoms with Crippen molar-refractivity contribution in [1.29, 1.82) is 0 Å². The maximum absolute atomic E-state index is 13.2. The molecule has 6 rings (SSSR count).